The van der Waals surface area contributed by atoms with Crippen molar-refractivity contribution < 1.29 is 9.72 Å². The fourth-order valence-electron chi connectivity index (χ4n) is 3.87. The van der Waals surface area contributed by atoms with Gasteiger partial charge in [-0.05, 0) is 34.1 Å². The van der Waals surface area contributed by atoms with E-state index in [2.05, 4.69) is 43.3 Å². The second kappa shape index (κ2) is 11.9. The Balaban J connectivity index is 1.78. The van der Waals surface area contributed by atoms with E-state index in [-0.39, 0.29) is 36.1 Å². The van der Waals surface area contributed by atoms with Gasteiger partial charge in [0.15, 0.2) is 0 Å². The number of anilines is 1. The summed E-state index contributed by atoms with van der Waals surface area (Å²) >= 11 is 0. The van der Waals surface area contributed by atoms with Gasteiger partial charge >= 0.3 is 6.03 Å². The van der Waals surface area contributed by atoms with Crippen LogP contribution in [0.15, 0.2) is 77.8 Å². The minimum absolute atomic E-state index is 0.00693. The van der Waals surface area contributed by atoms with Crippen LogP contribution in [0.3, 0.4) is 0 Å². The van der Waals surface area contributed by atoms with E-state index in [0.29, 0.717) is 5.56 Å². The van der Waals surface area contributed by atoms with Crippen molar-refractivity contribution in [2.24, 2.45) is 4.99 Å². The molecule has 0 heterocycles. The zero-order valence-electron chi connectivity index (χ0n) is 20.6. The predicted octanol–water partition coefficient (Wildman–Crippen LogP) is 6.82. The van der Waals surface area contributed by atoms with Gasteiger partial charge in [-0.2, -0.15) is 0 Å². The third kappa shape index (κ3) is 6.99. The number of nitrogens with one attached hydrogen (secondary N) is 2. The van der Waals surface area contributed by atoms with Gasteiger partial charge in [-0.3, -0.25) is 15.1 Å². The molecular formula is C28H32N4O3. The number of hydrogen-bond donors (Lipinski definition) is 2. The van der Waals surface area contributed by atoms with E-state index in [1.807, 2.05) is 48.5 Å². The molecule has 0 aliphatic rings. The lowest BCUT2D eigenvalue weighted by Gasteiger charge is -2.21. The SMILES string of the molecule is CC(C)c1cccc(C(C)C)c1NC(=O)NC[C@H](N=Cc1cccc([N+](=O)[O-])c1)c1ccccc1. The molecule has 0 spiro atoms. The number of amides is 2. The molecule has 2 amide bonds. The number of nitro groups is 1. The molecule has 35 heavy (non-hydrogen) atoms. The van der Waals surface area contributed by atoms with E-state index in [4.69, 9.17) is 0 Å². The molecule has 0 radical (unpaired) electrons. The summed E-state index contributed by atoms with van der Waals surface area (Å²) in [6.07, 6.45) is 1.61. The van der Waals surface area contributed by atoms with Crippen molar-refractivity contribution in [1.29, 1.82) is 0 Å². The van der Waals surface area contributed by atoms with Crippen LogP contribution >= 0.6 is 0 Å². The average molecular weight is 473 g/mol. The van der Waals surface area contributed by atoms with Gasteiger partial charge in [0.2, 0.25) is 0 Å². The highest BCUT2D eigenvalue weighted by molar-refractivity contribution is 5.91. The largest absolute Gasteiger partial charge is 0.335 e. The molecule has 0 aromatic heterocycles. The smallest absolute Gasteiger partial charge is 0.319 e. The van der Waals surface area contributed by atoms with Crippen LogP contribution in [0, 0.1) is 10.1 Å². The fourth-order valence-corrected chi connectivity index (χ4v) is 3.87. The van der Waals surface area contributed by atoms with Crippen molar-refractivity contribution in [1.82, 2.24) is 5.32 Å². The maximum atomic E-state index is 12.9. The standard InChI is InChI=1S/C28H32N4O3/c1-19(2)24-14-9-15-25(20(3)4)27(24)31-28(33)30-18-26(22-11-6-5-7-12-22)29-17-21-10-8-13-23(16-21)32(34)35/h5-17,19-20,26H,18H2,1-4H3,(H2,30,31,33)/t26-/m0/s1. The third-order valence-corrected chi connectivity index (χ3v) is 5.74. The molecule has 0 fully saturated rings. The first-order chi connectivity index (χ1) is 16.8. The maximum absolute atomic E-state index is 12.9. The Morgan fingerprint density at radius 1 is 0.943 bits per heavy atom. The molecule has 0 unspecified atom stereocenters. The first-order valence-electron chi connectivity index (χ1n) is 11.8. The Bertz CT molecular complexity index is 1160. The quantitative estimate of drug-likeness (QED) is 0.203. The number of urea groups is 1. The Morgan fingerprint density at radius 3 is 2.17 bits per heavy atom. The Hall–Kier alpha value is -4.00. The van der Waals surface area contributed by atoms with Gasteiger partial charge in [-0.25, -0.2) is 4.79 Å². The average Bonchev–Trinajstić information content (AvgIpc) is 2.84. The molecule has 0 aliphatic heterocycles. The van der Waals surface area contributed by atoms with Crippen LogP contribution in [0.4, 0.5) is 16.2 Å². The summed E-state index contributed by atoms with van der Waals surface area (Å²) < 4.78 is 0. The Kier molecular flexibility index (Phi) is 8.73. The van der Waals surface area contributed by atoms with E-state index in [9.17, 15) is 14.9 Å². The number of para-hydroxylation sites is 1. The van der Waals surface area contributed by atoms with Crippen molar-refractivity contribution in [3.63, 3.8) is 0 Å². The van der Waals surface area contributed by atoms with Crippen LogP contribution in [0.1, 0.15) is 67.8 Å². The highest BCUT2D eigenvalue weighted by Gasteiger charge is 2.17. The number of carbonyl (C=O) groups excluding carboxylic acids is 1. The molecule has 3 aromatic rings. The molecule has 0 bridgehead atoms. The number of rotatable bonds is 9. The number of non-ortho nitro benzene ring substituents is 1. The van der Waals surface area contributed by atoms with Gasteiger partial charge in [0.25, 0.3) is 5.69 Å². The fraction of sp³-hybridized carbons (Fsp3) is 0.286. The van der Waals surface area contributed by atoms with Crippen LogP contribution in [0.25, 0.3) is 0 Å². The van der Waals surface area contributed by atoms with Crippen molar-refractivity contribution >= 4 is 23.6 Å². The molecule has 1 atom stereocenters. The maximum Gasteiger partial charge on any atom is 0.319 e. The Labute approximate surface area is 206 Å². The van der Waals surface area contributed by atoms with Gasteiger partial charge < -0.3 is 10.6 Å². The lowest BCUT2D eigenvalue weighted by atomic mass is 9.93. The first kappa shape index (κ1) is 25.6. The monoisotopic (exact) mass is 472 g/mol. The molecule has 3 aromatic carbocycles. The van der Waals surface area contributed by atoms with Gasteiger partial charge in [0.05, 0.1) is 11.0 Å². The van der Waals surface area contributed by atoms with Gasteiger partial charge in [0, 0.05) is 30.6 Å². The number of nitrogens with zero attached hydrogens (tertiary/aromatic N) is 2. The first-order valence-corrected chi connectivity index (χ1v) is 11.8. The summed E-state index contributed by atoms with van der Waals surface area (Å²) in [6, 6.07) is 21.4. The minimum Gasteiger partial charge on any atom is -0.335 e. The topological polar surface area (TPSA) is 96.6 Å². The van der Waals surface area contributed by atoms with Crippen molar-refractivity contribution in [2.75, 3.05) is 11.9 Å². The van der Waals surface area contributed by atoms with Crippen molar-refractivity contribution in [3.05, 3.63) is 105 Å². The van der Waals surface area contributed by atoms with Gasteiger partial charge in [-0.15, -0.1) is 0 Å². The van der Waals surface area contributed by atoms with Crippen LogP contribution in [0.2, 0.25) is 0 Å². The van der Waals surface area contributed by atoms with Gasteiger partial charge in [-0.1, -0.05) is 88.4 Å². The third-order valence-electron chi connectivity index (χ3n) is 5.74. The lowest BCUT2D eigenvalue weighted by molar-refractivity contribution is -0.384. The van der Waals surface area contributed by atoms with E-state index >= 15 is 0 Å². The number of carbonyl (C=O) groups is 1. The summed E-state index contributed by atoms with van der Waals surface area (Å²) in [5.74, 6) is 0.529. The highest BCUT2D eigenvalue weighted by atomic mass is 16.6. The van der Waals surface area contributed by atoms with E-state index in [0.717, 1.165) is 22.4 Å². The van der Waals surface area contributed by atoms with E-state index in [1.165, 1.54) is 12.1 Å². The molecule has 0 saturated heterocycles. The predicted molar refractivity (Wildman–Crippen MR) is 142 cm³/mol. The molecule has 0 saturated carbocycles. The zero-order valence-corrected chi connectivity index (χ0v) is 20.6. The molecular weight excluding hydrogens is 440 g/mol. The highest BCUT2D eigenvalue weighted by Crippen LogP contribution is 2.32. The Morgan fingerprint density at radius 2 is 1.57 bits per heavy atom. The molecule has 0 aliphatic carbocycles. The molecule has 7 nitrogen and oxygen atoms in total. The summed E-state index contributed by atoms with van der Waals surface area (Å²) in [6.45, 7) is 8.70. The second-order valence-corrected chi connectivity index (χ2v) is 9.01. The van der Waals surface area contributed by atoms with Crippen molar-refractivity contribution in [3.8, 4) is 0 Å². The van der Waals surface area contributed by atoms with E-state index < -0.39 is 4.92 Å². The van der Waals surface area contributed by atoms with Crippen LogP contribution < -0.4 is 10.6 Å². The number of benzene rings is 3. The zero-order chi connectivity index (χ0) is 25.4. The summed E-state index contributed by atoms with van der Waals surface area (Å²) in [4.78, 5) is 28.2. The summed E-state index contributed by atoms with van der Waals surface area (Å²) in [7, 11) is 0. The molecule has 2 N–H and O–H groups in total. The number of hydrogen-bond acceptors (Lipinski definition) is 4. The summed E-state index contributed by atoms with van der Waals surface area (Å²) in [5, 5.41) is 17.1. The van der Waals surface area contributed by atoms with Crippen LogP contribution in [-0.2, 0) is 0 Å². The molecule has 3 rings (SSSR count). The number of aliphatic imine (C=N–C) groups is 1. The number of nitro benzene ring substituents is 1. The minimum atomic E-state index is -0.432. The van der Waals surface area contributed by atoms with Gasteiger partial charge in [0.1, 0.15) is 0 Å². The van der Waals surface area contributed by atoms with Crippen molar-refractivity contribution in [2.45, 2.75) is 45.6 Å². The molecule has 182 valence electrons. The van der Waals surface area contributed by atoms with E-state index in [1.54, 1.807) is 18.3 Å². The summed E-state index contributed by atoms with van der Waals surface area (Å²) in [5.41, 5.74) is 4.60. The normalized spacial score (nSPS) is 12.2. The van der Waals surface area contributed by atoms with Crippen LogP contribution in [0.5, 0.6) is 0 Å². The molecule has 7 heteroatoms. The van der Waals surface area contributed by atoms with Crippen LogP contribution in [-0.4, -0.2) is 23.7 Å². The lowest BCUT2D eigenvalue weighted by Crippen LogP contribution is -2.33. The second-order valence-electron chi connectivity index (χ2n) is 9.01.